The Kier molecular flexibility index (Phi) is 7.62. The highest BCUT2D eigenvalue weighted by atomic mass is 32.2. The van der Waals surface area contributed by atoms with Gasteiger partial charge in [0.05, 0.1) is 11.8 Å². The summed E-state index contributed by atoms with van der Waals surface area (Å²) in [6.45, 7) is 4.11. The van der Waals surface area contributed by atoms with Crippen molar-refractivity contribution in [3.05, 3.63) is 0 Å². The highest BCUT2D eigenvalue weighted by molar-refractivity contribution is 7.89. The lowest BCUT2D eigenvalue weighted by atomic mass is 10.2. The molecule has 1 amide bonds. The van der Waals surface area contributed by atoms with Gasteiger partial charge in [-0.3, -0.25) is 9.69 Å². The van der Waals surface area contributed by atoms with Crippen molar-refractivity contribution in [2.75, 3.05) is 39.5 Å². The van der Waals surface area contributed by atoms with Gasteiger partial charge < -0.3 is 4.90 Å². The Labute approximate surface area is 128 Å². The fraction of sp³-hybridized carbons (Fsp3) is 0.929. The lowest BCUT2D eigenvalue weighted by Crippen LogP contribution is -2.43. The topological polar surface area (TPSA) is 69.7 Å². The van der Waals surface area contributed by atoms with Crippen LogP contribution in [0.4, 0.5) is 0 Å². The Bertz CT molecular complexity index is 423. The molecule has 7 heteroatoms. The van der Waals surface area contributed by atoms with E-state index in [0.29, 0.717) is 13.0 Å². The van der Waals surface area contributed by atoms with Gasteiger partial charge in [0.15, 0.2) is 0 Å². The van der Waals surface area contributed by atoms with Crippen LogP contribution in [0.3, 0.4) is 0 Å². The minimum absolute atomic E-state index is 0.0308. The van der Waals surface area contributed by atoms with Crippen LogP contribution in [0.1, 0.15) is 39.0 Å². The van der Waals surface area contributed by atoms with Crippen molar-refractivity contribution in [3.63, 3.8) is 0 Å². The molecule has 1 saturated heterocycles. The second kappa shape index (κ2) is 8.70. The number of unbranched alkanes of at least 4 members (excludes halogenated alkanes) is 1. The number of hydrogen-bond donors (Lipinski definition) is 1. The second-order valence-corrected chi connectivity index (χ2v) is 7.77. The molecule has 21 heavy (non-hydrogen) atoms. The molecule has 1 aliphatic rings. The Morgan fingerprint density at radius 1 is 1.33 bits per heavy atom. The van der Waals surface area contributed by atoms with Gasteiger partial charge in [-0.1, -0.05) is 13.3 Å². The maximum atomic E-state index is 12.0. The molecular formula is C14H29N3O3S. The number of hydrogen-bond acceptors (Lipinski definition) is 4. The van der Waals surface area contributed by atoms with Crippen LogP contribution >= 0.6 is 0 Å². The van der Waals surface area contributed by atoms with Crippen molar-refractivity contribution in [2.45, 2.75) is 45.1 Å². The third-order valence-electron chi connectivity index (χ3n) is 3.80. The van der Waals surface area contributed by atoms with Crippen molar-refractivity contribution in [1.82, 2.24) is 14.5 Å². The number of nitrogens with zero attached hydrogens (tertiary/aromatic N) is 2. The van der Waals surface area contributed by atoms with E-state index in [2.05, 4.69) is 9.62 Å². The molecule has 1 aliphatic heterocycles. The number of rotatable bonds is 9. The third-order valence-corrected chi connectivity index (χ3v) is 5.27. The van der Waals surface area contributed by atoms with Gasteiger partial charge in [-0.15, -0.1) is 0 Å². The summed E-state index contributed by atoms with van der Waals surface area (Å²) in [5.74, 6) is 0.352. The number of likely N-dealkylation sites (tertiary alicyclic amines) is 1. The van der Waals surface area contributed by atoms with Gasteiger partial charge in [-0.25, -0.2) is 13.1 Å². The van der Waals surface area contributed by atoms with E-state index in [1.807, 2.05) is 6.92 Å². The molecule has 124 valence electrons. The van der Waals surface area contributed by atoms with Crippen molar-refractivity contribution in [1.29, 1.82) is 0 Å². The van der Waals surface area contributed by atoms with Gasteiger partial charge in [0.25, 0.3) is 0 Å². The van der Waals surface area contributed by atoms with E-state index in [4.69, 9.17) is 0 Å². The zero-order chi connectivity index (χ0) is 15.9. The maximum Gasteiger partial charge on any atom is 0.239 e. The Morgan fingerprint density at radius 3 is 2.67 bits per heavy atom. The van der Waals surface area contributed by atoms with Crippen LogP contribution in [0.5, 0.6) is 0 Å². The number of amides is 1. The summed E-state index contributed by atoms with van der Waals surface area (Å²) in [6.07, 6.45) is 4.25. The minimum Gasteiger partial charge on any atom is -0.347 e. The lowest BCUT2D eigenvalue weighted by Gasteiger charge is -2.26. The van der Waals surface area contributed by atoms with Crippen LogP contribution in [0.15, 0.2) is 0 Å². The van der Waals surface area contributed by atoms with E-state index in [1.54, 1.807) is 19.0 Å². The predicted molar refractivity (Wildman–Crippen MR) is 84.6 cm³/mol. The molecule has 0 aromatic heterocycles. The SMILES string of the molecule is CCCCS(=O)(=O)NCCCN1CCCC1C(=O)N(C)C. The zero-order valence-electron chi connectivity index (χ0n) is 13.5. The molecule has 1 heterocycles. The first-order valence-electron chi connectivity index (χ1n) is 7.80. The summed E-state index contributed by atoms with van der Waals surface area (Å²) in [5, 5.41) is 0. The molecule has 0 aliphatic carbocycles. The third kappa shape index (κ3) is 6.32. The first-order valence-corrected chi connectivity index (χ1v) is 9.45. The monoisotopic (exact) mass is 319 g/mol. The minimum atomic E-state index is -3.13. The Morgan fingerprint density at radius 2 is 2.05 bits per heavy atom. The quantitative estimate of drug-likeness (QED) is 0.634. The highest BCUT2D eigenvalue weighted by Crippen LogP contribution is 2.18. The first-order chi connectivity index (χ1) is 9.87. The van der Waals surface area contributed by atoms with Gasteiger partial charge in [0.1, 0.15) is 0 Å². The van der Waals surface area contributed by atoms with Crippen molar-refractivity contribution in [3.8, 4) is 0 Å². The van der Waals surface area contributed by atoms with Gasteiger partial charge in [-0.2, -0.15) is 0 Å². The fourth-order valence-electron chi connectivity index (χ4n) is 2.59. The summed E-state index contributed by atoms with van der Waals surface area (Å²) in [7, 11) is 0.430. The molecule has 0 saturated carbocycles. The van der Waals surface area contributed by atoms with E-state index in [0.717, 1.165) is 38.8 Å². The van der Waals surface area contributed by atoms with E-state index in [1.165, 1.54) is 0 Å². The van der Waals surface area contributed by atoms with Gasteiger partial charge >= 0.3 is 0 Å². The number of carbonyl (C=O) groups excluding carboxylic acids is 1. The molecule has 1 rings (SSSR count). The molecule has 1 atom stereocenters. The number of nitrogens with one attached hydrogen (secondary N) is 1. The summed E-state index contributed by atoms with van der Waals surface area (Å²) in [6, 6.07) is -0.0308. The zero-order valence-corrected chi connectivity index (χ0v) is 14.3. The molecule has 1 unspecified atom stereocenters. The van der Waals surface area contributed by atoms with Gasteiger partial charge in [-0.05, 0) is 32.2 Å². The molecule has 0 radical (unpaired) electrons. The second-order valence-electron chi connectivity index (χ2n) is 5.85. The molecule has 0 aromatic carbocycles. The molecule has 0 spiro atoms. The van der Waals surface area contributed by atoms with Crippen LogP contribution in [-0.2, 0) is 14.8 Å². The fourth-order valence-corrected chi connectivity index (χ4v) is 3.86. The summed E-state index contributed by atoms with van der Waals surface area (Å²) in [5.41, 5.74) is 0. The molecule has 1 N–H and O–H groups in total. The van der Waals surface area contributed by atoms with Crippen LogP contribution in [0, 0.1) is 0 Å². The average Bonchev–Trinajstić information content (AvgIpc) is 2.88. The smallest absolute Gasteiger partial charge is 0.239 e. The number of sulfonamides is 1. The van der Waals surface area contributed by atoms with Crippen LogP contribution in [0.25, 0.3) is 0 Å². The number of carbonyl (C=O) groups is 1. The van der Waals surface area contributed by atoms with Crippen LogP contribution in [0.2, 0.25) is 0 Å². The summed E-state index contributed by atoms with van der Waals surface area (Å²) in [4.78, 5) is 15.8. The van der Waals surface area contributed by atoms with Gasteiger partial charge in [0.2, 0.25) is 15.9 Å². The lowest BCUT2D eigenvalue weighted by molar-refractivity contribution is -0.133. The average molecular weight is 319 g/mol. The Balaban J connectivity index is 2.30. The molecular weight excluding hydrogens is 290 g/mol. The van der Waals surface area contributed by atoms with Crippen molar-refractivity contribution >= 4 is 15.9 Å². The summed E-state index contributed by atoms with van der Waals surface area (Å²) >= 11 is 0. The van der Waals surface area contributed by atoms with E-state index in [-0.39, 0.29) is 17.7 Å². The predicted octanol–water partition coefficient (Wildman–Crippen LogP) is 0.649. The number of likely N-dealkylation sites (N-methyl/N-ethyl adjacent to an activating group) is 1. The molecule has 0 bridgehead atoms. The van der Waals surface area contributed by atoms with E-state index >= 15 is 0 Å². The van der Waals surface area contributed by atoms with Gasteiger partial charge in [0, 0.05) is 27.2 Å². The summed E-state index contributed by atoms with van der Waals surface area (Å²) < 4.78 is 26.0. The maximum absolute atomic E-state index is 12.0. The first kappa shape index (κ1) is 18.4. The highest BCUT2D eigenvalue weighted by Gasteiger charge is 2.31. The normalized spacial score (nSPS) is 19.9. The molecule has 1 fully saturated rings. The largest absolute Gasteiger partial charge is 0.347 e. The van der Waals surface area contributed by atoms with Crippen molar-refractivity contribution in [2.24, 2.45) is 0 Å². The standard InChI is InChI=1S/C14H29N3O3S/c1-4-5-12-21(19,20)15-9-7-11-17-10-6-8-13(17)14(18)16(2)3/h13,15H,4-12H2,1-3H3. The van der Waals surface area contributed by atoms with Crippen LogP contribution < -0.4 is 4.72 Å². The van der Waals surface area contributed by atoms with Crippen LogP contribution in [-0.4, -0.2) is 69.6 Å². The molecule has 6 nitrogen and oxygen atoms in total. The molecule has 0 aromatic rings. The van der Waals surface area contributed by atoms with E-state index < -0.39 is 10.0 Å². The Hall–Kier alpha value is -0.660. The van der Waals surface area contributed by atoms with E-state index in [9.17, 15) is 13.2 Å². The van der Waals surface area contributed by atoms with Crippen molar-refractivity contribution < 1.29 is 13.2 Å².